The molecule has 4 heterocycles. The number of amides is 6. The van der Waals surface area contributed by atoms with E-state index < -0.39 is 29.7 Å². The third-order valence-corrected chi connectivity index (χ3v) is 11.5. The van der Waals surface area contributed by atoms with Crippen LogP contribution in [-0.4, -0.2) is 127 Å². The lowest BCUT2D eigenvalue weighted by molar-refractivity contribution is -0.136. The number of nitrogens with zero attached hydrogens (tertiary/aromatic N) is 5. The normalized spacial score (nSPS) is 16.3. The van der Waals surface area contributed by atoms with Crippen LogP contribution in [0.1, 0.15) is 61.5 Å². The Morgan fingerprint density at radius 2 is 1.56 bits per heavy atom. The van der Waals surface area contributed by atoms with Crippen LogP contribution < -0.4 is 16.0 Å². The molecule has 63 heavy (non-hydrogen) atoms. The van der Waals surface area contributed by atoms with Crippen molar-refractivity contribution in [3.8, 4) is 6.07 Å². The maximum atomic E-state index is 13.5. The maximum Gasteiger partial charge on any atom is 0.264 e. The Morgan fingerprint density at radius 3 is 2.37 bits per heavy atom. The van der Waals surface area contributed by atoms with Crippen LogP contribution in [0.4, 0.5) is 11.4 Å². The third-order valence-electron chi connectivity index (χ3n) is 11.5. The molecule has 16 heteroatoms. The molecule has 6 amide bonds. The summed E-state index contributed by atoms with van der Waals surface area (Å²) in [7, 11) is 0. The van der Waals surface area contributed by atoms with Crippen LogP contribution in [-0.2, 0) is 30.3 Å². The number of fused-ring (bicyclic) bond motifs is 3. The van der Waals surface area contributed by atoms with Gasteiger partial charge in [0.1, 0.15) is 6.04 Å². The molecule has 1 atom stereocenters. The number of benzene rings is 4. The predicted octanol–water partition coefficient (Wildman–Crippen LogP) is 4.14. The minimum absolute atomic E-state index is 0.0363. The van der Waals surface area contributed by atoms with Crippen molar-refractivity contribution in [2.75, 3.05) is 76.3 Å². The molecule has 8 rings (SSSR count). The molecule has 1 aromatic heterocycles. The van der Waals surface area contributed by atoms with Gasteiger partial charge < -0.3 is 29.9 Å². The molecule has 4 aromatic carbocycles. The molecule has 0 aliphatic carbocycles. The number of anilines is 2. The molecule has 0 radical (unpaired) electrons. The standard InChI is InChI=1S/C47H46N8O8/c48-29-31-5-9-37-36(27-31)38(13-16-50-37)49-15-12-30-4-6-33-28-34(8-7-32(33)26-30)45(59)54-20-18-53(19-21-54)42(57)14-22-62-24-25-63-23-17-51-39-3-1-2-35-43(39)47(61)55(46(35)60)40-10-11-41(56)52-44(40)58/h1-9,13,16,26-28,40,51H,10-12,14-15,17-25H2,(H,49,50)(H,52,56,58). The van der Waals surface area contributed by atoms with Gasteiger partial charge in [-0.2, -0.15) is 5.26 Å². The molecular weight excluding hydrogens is 805 g/mol. The molecule has 5 aromatic rings. The summed E-state index contributed by atoms with van der Waals surface area (Å²) in [6.07, 6.45) is 2.89. The minimum Gasteiger partial charge on any atom is -0.384 e. The number of nitriles is 1. The predicted molar refractivity (Wildman–Crippen MR) is 233 cm³/mol. The summed E-state index contributed by atoms with van der Waals surface area (Å²) in [5.41, 5.74) is 4.95. The molecular formula is C47H46N8O8. The van der Waals surface area contributed by atoms with E-state index in [0.29, 0.717) is 56.1 Å². The van der Waals surface area contributed by atoms with Crippen molar-refractivity contribution in [3.05, 3.63) is 113 Å². The molecule has 16 nitrogen and oxygen atoms in total. The fourth-order valence-electron chi connectivity index (χ4n) is 8.20. The molecule has 1 unspecified atom stereocenters. The highest BCUT2D eigenvalue weighted by molar-refractivity contribution is 6.25. The van der Waals surface area contributed by atoms with Crippen molar-refractivity contribution in [3.63, 3.8) is 0 Å². The van der Waals surface area contributed by atoms with Crippen LogP contribution in [0.15, 0.2) is 85.1 Å². The zero-order valence-corrected chi connectivity index (χ0v) is 34.6. The van der Waals surface area contributed by atoms with Crippen LogP contribution in [0.5, 0.6) is 0 Å². The van der Waals surface area contributed by atoms with Gasteiger partial charge in [-0.1, -0.05) is 30.3 Å². The van der Waals surface area contributed by atoms with Gasteiger partial charge >= 0.3 is 0 Å². The molecule has 2 fully saturated rings. The van der Waals surface area contributed by atoms with Crippen molar-refractivity contribution in [2.24, 2.45) is 0 Å². The zero-order chi connectivity index (χ0) is 43.9. The summed E-state index contributed by atoms with van der Waals surface area (Å²) in [6, 6.07) is 25.4. The molecule has 322 valence electrons. The van der Waals surface area contributed by atoms with E-state index in [4.69, 9.17) is 9.47 Å². The Labute approximate surface area is 363 Å². The topological polar surface area (TPSA) is 203 Å². The number of rotatable bonds is 16. The number of piperazine rings is 1. The Hall–Kier alpha value is -7.22. The second kappa shape index (κ2) is 19.2. The number of carbonyl (C=O) groups is 6. The van der Waals surface area contributed by atoms with Crippen LogP contribution in [0.25, 0.3) is 21.7 Å². The molecule has 3 aliphatic rings. The summed E-state index contributed by atoms with van der Waals surface area (Å²) in [5.74, 6) is -2.34. The van der Waals surface area contributed by atoms with E-state index in [-0.39, 0.29) is 68.6 Å². The number of pyridine rings is 1. The van der Waals surface area contributed by atoms with Crippen LogP contribution in [0.3, 0.4) is 0 Å². The molecule has 0 bridgehead atoms. The maximum absolute atomic E-state index is 13.5. The average Bonchev–Trinajstić information content (AvgIpc) is 3.56. The monoisotopic (exact) mass is 850 g/mol. The quantitative estimate of drug-likeness (QED) is 0.0948. The molecule has 2 saturated heterocycles. The van der Waals surface area contributed by atoms with E-state index in [1.807, 2.05) is 42.5 Å². The van der Waals surface area contributed by atoms with Gasteiger partial charge in [-0.05, 0) is 77.7 Å². The Balaban J connectivity index is 0.709. The largest absolute Gasteiger partial charge is 0.384 e. The van der Waals surface area contributed by atoms with Crippen molar-refractivity contribution in [1.29, 1.82) is 5.26 Å². The van der Waals surface area contributed by atoms with Crippen molar-refractivity contribution in [2.45, 2.75) is 31.7 Å². The second-order valence-electron chi connectivity index (χ2n) is 15.5. The first-order chi connectivity index (χ1) is 30.7. The number of hydrogen-bond donors (Lipinski definition) is 3. The Morgan fingerprint density at radius 1 is 0.794 bits per heavy atom. The first-order valence-corrected chi connectivity index (χ1v) is 21.0. The SMILES string of the molecule is N#Cc1ccc2nccc(NCCc3ccc4cc(C(=O)N5CCN(C(=O)CCOCCOCCNc6cccc7c6C(=O)N(C6CCC(=O)NC6=O)C7=O)CC5)ccc4c3)c2c1. The van der Waals surface area contributed by atoms with Gasteiger partial charge in [-0.15, -0.1) is 0 Å². The fraction of sp³-hybridized carbons (Fsp3) is 0.319. The van der Waals surface area contributed by atoms with Gasteiger partial charge in [0.05, 0.1) is 61.1 Å². The highest BCUT2D eigenvalue weighted by Crippen LogP contribution is 2.32. The summed E-state index contributed by atoms with van der Waals surface area (Å²) in [5, 5.41) is 21.1. The van der Waals surface area contributed by atoms with E-state index in [9.17, 15) is 34.0 Å². The lowest BCUT2D eigenvalue weighted by Gasteiger charge is -2.35. The summed E-state index contributed by atoms with van der Waals surface area (Å²) >= 11 is 0. The molecule has 3 aliphatic heterocycles. The smallest absolute Gasteiger partial charge is 0.264 e. The first-order valence-electron chi connectivity index (χ1n) is 21.0. The summed E-state index contributed by atoms with van der Waals surface area (Å²) < 4.78 is 11.3. The Kier molecular flexibility index (Phi) is 13.0. The van der Waals surface area contributed by atoms with E-state index >= 15 is 0 Å². The van der Waals surface area contributed by atoms with E-state index in [1.165, 1.54) is 6.07 Å². The van der Waals surface area contributed by atoms with Gasteiger partial charge in [-0.25, -0.2) is 0 Å². The van der Waals surface area contributed by atoms with Crippen LogP contribution >= 0.6 is 0 Å². The van der Waals surface area contributed by atoms with E-state index in [0.717, 1.165) is 44.2 Å². The van der Waals surface area contributed by atoms with Crippen molar-refractivity contribution < 1.29 is 38.2 Å². The molecule has 3 N–H and O–H groups in total. The lowest BCUT2D eigenvalue weighted by Crippen LogP contribution is -2.54. The van der Waals surface area contributed by atoms with E-state index in [2.05, 4.69) is 39.1 Å². The number of ether oxygens (including phenoxy) is 2. The van der Waals surface area contributed by atoms with E-state index in [1.54, 1.807) is 34.2 Å². The number of nitrogens with one attached hydrogen (secondary N) is 3. The molecule has 0 saturated carbocycles. The molecule has 0 spiro atoms. The average molecular weight is 851 g/mol. The fourth-order valence-corrected chi connectivity index (χ4v) is 8.20. The van der Waals surface area contributed by atoms with Crippen LogP contribution in [0.2, 0.25) is 0 Å². The number of aromatic nitrogens is 1. The van der Waals surface area contributed by atoms with Gasteiger partial charge in [0.25, 0.3) is 17.7 Å². The number of hydrogen-bond acceptors (Lipinski definition) is 12. The highest BCUT2D eigenvalue weighted by atomic mass is 16.5. The summed E-state index contributed by atoms with van der Waals surface area (Å²) in [6.45, 7) is 3.89. The second-order valence-corrected chi connectivity index (χ2v) is 15.5. The number of piperidine rings is 1. The van der Waals surface area contributed by atoms with Gasteiger partial charge in [-0.3, -0.25) is 44.0 Å². The van der Waals surface area contributed by atoms with Crippen LogP contribution in [0, 0.1) is 11.3 Å². The Bertz CT molecular complexity index is 2650. The first kappa shape index (κ1) is 42.5. The third kappa shape index (κ3) is 9.49. The highest BCUT2D eigenvalue weighted by Gasteiger charge is 2.45. The zero-order valence-electron chi connectivity index (χ0n) is 34.6. The number of carbonyl (C=O) groups excluding carboxylic acids is 6. The number of imide groups is 2. The van der Waals surface area contributed by atoms with Gasteiger partial charge in [0, 0.05) is 74.2 Å². The van der Waals surface area contributed by atoms with Crippen molar-refractivity contribution >= 4 is 68.5 Å². The minimum atomic E-state index is -1.04. The summed E-state index contributed by atoms with van der Waals surface area (Å²) in [4.78, 5) is 85.5. The lowest BCUT2D eigenvalue weighted by atomic mass is 10.0. The van der Waals surface area contributed by atoms with Gasteiger partial charge in [0.15, 0.2) is 0 Å². The van der Waals surface area contributed by atoms with Gasteiger partial charge in [0.2, 0.25) is 17.7 Å². The van der Waals surface area contributed by atoms with Crippen molar-refractivity contribution in [1.82, 2.24) is 25.0 Å².